The van der Waals surface area contributed by atoms with Crippen LogP contribution in [0.4, 0.5) is 0 Å². The van der Waals surface area contributed by atoms with Crippen LogP contribution >= 0.6 is 0 Å². The molecule has 0 aromatic heterocycles. The Morgan fingerprint density at radius 1 is 1.38 bits per heavy atom. The maximum Gasteiger partial charge on any atom is 0.240 e. The molecule has 0 spiro atoms. The van der Waals surface area contributed by atoms with E-state index < -0.39 is 10.0 Å². The van der Waals surface area contributed by atoms with E-state index in [-0.39, 0.29) is 23.0 Å². The molecule has 1 aliphatic rings. The number of rotatable bonds is 4. The topological polar surface area (TPSA) is 79.2 Å². The molecule has 1 aliphatic heterocycles. The second-order valence-corrected chi connectivity index (χ2v) is 7.61. The van der Waals surface area contributed by atoms with Crippen LogP contribution in [-0.2, 0) is 21.2 Å². The maximum absolute atomic E-state index is 12.4. The number of hydrogen-bond donors (Lipinski definition) is 1. The first kappa shape index (κ1) is 16.0. The summed E-state index contributed by atoms with van der Waals surface area (Å²) >= 11 is 0. The van der Waals surface area contributed by atoms with Crippen LogP contribution in [0.5, 0.6) is 0 Å². The van der Waals surface area contributed by atoms with Gasteiger partial charge in [-0.2, -0.15) is 5.26 Å². The predicted octanol–water partition coefficient (Wildman–Crippen LogP) is 1.99. The van der Waals surface area contributed by atoms with Gasteiger partial charge in [0.2, 0.25) is 10.0 Å². The molecule has 0 amide bonds. The first-order valence-electron chi connectivity index (χ1n) is 6.95. The molecule has 6 heteroatoms. The van der Waals surface area contributed by atoms with Crippen molar-refractivity contribution in [3.8, 4) is 6.07 Å². The lowest BCUT2D eigenvalue weighted by atomic mass is 9.95. The maximum atomic E-state index is 12.4. The fourth-order valence-corrected chi connectivity index (χ4v) is 3.77. The van der Waals surface area contributed by atoms with Gasteiger partial charge in [-0.1, -0.05) is 12.1 Å². The summed E-state index contributed by atoms with van der Waals surface area (Å²) in [7, 11) is -3.53. The summed E-state index contributed by atoms with van der Waals surface area (Å²) in [5.74, 6) is 0. The van der Waals surface area contributed by atoms with Gasteiger partial charge in [-0.05, 0) is 44.4 Å². The minimum atomic E-state index is -3.53. The fraction of sp³-hybridized carbons (Fsp3) is 0.533. The zero-order valence-electron chi connectivity index (χ0n) is 12.3. The highest BCUT2D eigenvalue weighted by atomic mass is 32.2. The van der Waals surface area contributed by atoms with Crippen molar-refractivity contribution in [3.05, 3.63) is 29.8 Å². The molecule has 114 valence electrons. The van der Waals surface area contributed by atoms with E-state index in [2.05, 4.69) is 4.72 Å². The van der Waals surface area contributed by atoms with Gasteiger partial charge in [0.05, 0.1) is 23.0 Å². The molecule has 0 radical (unpaired) electrons. The van der Waals surface area contributed by atoms with Crippen molar-refractivity contribution in [1.29, 1.82) is 5.26 Å². The van der Waals surface area contributed by atoms with Crippen molar-refractivity contribution in [2.45, 2.75) is 49.6 Å². The van der Waals surface area contributed by atoms with Crippen molar-refractivity contribution >= 4 is 10.0 Å². The van der Waals surface area contributed by atoms with Crippen LogP contribution in [0.2, 0.25) is 0 Å². The van der Waals surface area contributed by atoms with Crippen LogP contribution in [0.3, 0.4) is 0 Å². The molecule has 21 heavy (non-hydrogen) atoms. The lowest BCUT2D eigenvalue weighted by Crippen LogP contribution is -2.45. The highest BCUT2D eigenvalue weighted by molar-refractivity contribution is 7.89. The van der Waals surface area contributed by atoms with Crippen molar-refractivity contribution in [2.75, 3.05) is 6.61 Å². The van der Waals surface area contributed by atoms with E-state index in [0.717, 1.165) is 5.56 Å². The lowest BCUT2D eigenvalue weighted by molar-refractivity contribution is -0.0599. The van der Waals surface area contributed by atoms with Gasteiger partial charge in [0.25, 0.3) is 0 Å². The van der Waals surface area contributed by atoms with E-state index in [1.54, 1.807) is 24.3 Å². The van der Waals surface area contributed by atoms with Gasteiger partial charge in [0.15, 0.2) is 0 Å². The number of nitriles is 1. The lowest BCUT2D eigenvalue weighted by Gasteiger charge is -2.35. The number of nitrogens with one attached hydrogen (secondary N) is 1. The minimum absolute atomic E-state index is 0.113. The van der Waals surface area contributed by atoms with E-state index in [4.69, 9.17) is 10.00 Å². The zero-order chi connectivity index (χ0) is 15.5. The van der Waals surface area contributed by atoms with Gasteiger partial charge in [0.1, 0.15) is 0 Å². The van der Waals surface area contributed by atoms with Crippen LogP contribution in [0.25, 0.3) is 0 Å². The van der Waals surface area contributed by atoms with Gasteiger partial charge in [-0.15, -0.1) is 0 Å². The monoisotopic (exact) mass is 308 g/mol. The Balaban J connectivity index is 2.09. The van der Waals surface area contributed by atoms with Gasteiger partial charge in [0, 0.05) is 12.6 Å². The molecule has 0 bridgehead atoms. The van der Waals surface area contributed by atoms with Gasteiger partial charge >= 0.3 is 0 Å². The third-order valence-electron chi connectivity index (χ3n) is 3.54. The first-order chi connectivity index (χ1) is 9.82. The molecule has 1 saturated heterocycles. The number of hydrogen-bond acceptors (Lipinski definition) is 4. The van der Waals surface area contributed by atoms with Gasteiger partial charge < -0.3 is 4.74 Å². The smallest absolute Gasteiger partial charge is 0.240 e. The van der Waals surface area contributed by atoms with E-state index >= 15 is 0 Å². The molecular formula is C15H20N2O3S. The third-order valence-corrected chi connectivity index (χ3v) is 5.07. The number of ether oxygens (including phenoxy) is 1. The Kier molecular flexibility index (Phi) is 4.67. The molecule has 5 nitrogen and oxygen atoms in total. The Hall–Kier alpha value is -1.42. The fourth-order valence-electron chi connectivity index (χ4n) is 2.50. The third kappa shape index (κ3) is 4.27. The van der Waals surface area contributed by atoms with E-state index in [1.807, 2.05) is 19.9 Å². The summed E-state index contributed by atoms with van der Waals surface area (Å²) in [6.45, 7) is 4.48. The molecule has 1 aromatic rings. The van der Waals surface area contributed by atoms with Crippen molar-refractivity contribution in [3.63, 3.8) is 0 Å². The quantitative estimate of drug-likeness (QED) is 0.922. The standard InChI is InChI=1S/C15H20N2O3S/c1-15(2)11-13(8-10-20-15)17-21(18,19)14-5-3-12(4-6-14)7-9-16/h3-6,13,17H,7-8,10-11H2,1-2H3. The number of nitrogens with zero attached hydrogens (tertiary/aromatic N) is 1. The van der Waals surface area contributed by atoms with Crippen molar-refractivity contribution in [1.82, 2.24) is 4.72 Å². The van der Waals surface area contributed by atoms with E-state index in [1.165, 1.54) is 0 Å². The summed E-state index contributed by atoms with van der Waals surface area (Å²) < 4.78 is 33.1. The summed E-state index contributed by atoms with van der Waals surface area (Å²) in [6, 6.07) is 8.35. The van der Waals surface area contributed by atoms with Crippen molar-refractivity contribution < 1.29 is 13.2 Å². The number of sulfonamides is 1. The van der Waals surface area contributed by atoms with Crippen LogP contribution in [0.1, 0.15) is 32.3 Å². The van der Waals surface area contributed by atoms with Crippen molar-refractivity contribution in [2.24, 2.45) is 0 Å². The second kappa shape index (κ2) is 6.14. The van der Waals surface area contributed by atoms with Crippen LogP contribution in [0, 0.1) is 11.3 Å². The minimum Gasteiger partial charge on any atom is -0.375 e. The summed E-state index contributed by atoms with van der Waals surface area (Å²) in [5, 5.41) is 8.62. The molecule has 1 aromatic carbocycles. The highest BCUT2D eigenvalue weighted by Crippen LogP contribution is 2.25. The Bertz CT molecular complexity index is 630. The average Bonchev–Trinajstić information content (AvgIpc) is 2.38. The first-order valence-corrected chi connectivity index (χ1v) is 8.43. The molecule has 0 aliphatic carbocycles. The van der Waals surface area contributed by atoms with Crippen LogP contribution in [0.15, 0.2) is 29.2 Å². The predicted molar refractivity (Wildman–Crippen MR) is 79.1 cm³/mol. The molecule has 1 atom stereocenters. The summed E-state index contributed by atoms with van der Waals surface area (Å²) in [4.78, 5) is 0.230. The van der Waals surface area contributed by atoms with E-state index in [9.17, 15) is 8.42 Å². The molecule has 1 fully saturated rings. The van der Waals surface area contributed by atoms with Gasteiger partial charge in [-0.25, -0.2) is 13.1 Å². The molecule has 1 N–H and O–H groups in total. The largest absolute Gasteiger partial charge is 0.375 e. The molecule has 0 saturated carbocycles. The highest BCUT2D eigenvalue weighted by Gasteiger charge is 2.31. The van der Waals surface area contributed by atoms with Crippen LogP contribution < -0.4 is 4.72 Å². The van der Waals surface area contributed by atoms with Crippen LogP contribution in [-0.4, -0.2) is 26.7 Å². The molecule has 1 heterocycles. The van der Waals surface area contributed by atoms with Gasteiger partial charge in [-0.3, -0.25) is 0 Å². The molecular weight excluding hydrogens is 288 g/mol. The molecule has 2 rings (SSSR count). The second-order valence-electron chi connectivity index (χ2n) is 5.90. The molecule has 1 unspecified atom stereocenters. The Labute approximate surface area is 126 Å². The average molecular weight is 308 g/mol. The summed E-state index contributed by atoms with van der Waals surface area (Å²) in [6.07, 6.45) is 1.61. The Morgan fingerprint density at radius 3 is 2.62 bits per heavy atom. The van der Waals surface area contributed by atoms with E-state index in [0.29, 0.717) is 19.4 Å². The summed E-state index contributed by atoms with van der Waals surface area (Å²) in [5.41, 5.74) is 0.505. The SMILES string of the molecule is CC1(C)CC(NS(=O)(=O)c2ccc(CC#N)cc2)CCO1. The normalized spacial score (nSPS) is 21.7. The number of benzene rings is 1. The Morgan fingerprint density at radius 2 is 2.05 bits per heavy atom. The zero-order valence-corrected chi connectivity index (χ0v) is 13.1.